The van der Waals surface area contributed by atoms with Crippen molar-refractivity contribution in [1.82, 2.24) is 0 Å². The number of allylic oxidation sites excluding steroid dienone is 1. The molecule has 0 atom stereocenters. The lowest BCUT2D eigenvalue weighted by Crippen LogP contribution is -2.02. The number of hydrogen-bond acceptors (Lipinski definition) is 1. The van der Waals surface area contributed by atoms with E-state index in [0.29, 0.717) is 0 Å². The first-order valence-corrected chi connectivity index (χ1v) is 4.59. The van der Waals surface area contributed by atoms with E-state index in [1.807, 2.05) is 6.92 Å². The third-order valence-corrected chi connectivity index (χ3v) is 2.08. The molecule has 0 unspecified atom stereocenters. The van der Waals surface area contributed by atoms with Gasteiger partial charge in [-0.05, 0) is 18.6 Å². The number of rotatable bonds is 4. The van der Waals surface area contributed by atoms with Gasteiger partial charge in [0.05, 0.1) is 5.56 Å². The molecular formula is C12H13FO. The number of benzene rings is 1. The standard InChI is InChI=1S/C12H13FO/c1-3-9(2)8-12(14)10-6-4-5-7-11(10)13/h4-7H,2-3,8H2,1H3. The summed E-state index contributed by atoms with van der Waals surface area (Å²) in [6, 6.07) is 6.02. The van der Waals surface area contributed by atoms with E-state index >= 15 is 0 Å². The smallest absolute Gasteiger partial charge is 0.169 e. The number of carbonyl (C=O) groups excluding carboxylic acids is 1. The largest absolute Gasteiger partial charge is 0.294 e. The molecular weight excluding hydrogens is 179 g/mol. The predicted molar refractivity (Wildman–Crippen MR) is 54.8 cm³/mol. The lowest BCUT2D eigenvalue weighted by atomic mass is 10.0. The molecule has 0 amide bonds. The molecule has 0 heterocycles. The van der Waals surface area contributed by atoms with Crippen LogP contribution in [0, 0.1) is 5.82 Å². The van der Waals surface area contributed by atoms with E-state index in [9.17, 15) is 9.18 Å². The van der Waals surface area contributed by atoms with Crippen LogP contribution in [0.3, 0.4) is 0 Å². The summed E-state index contributed by atoms with van der Waals surface area (Å²) in [4.78, 5) is 11.5. The summed E-state index contributed by atoms with van der Waals surface area (Å²) < 4.78 is 13.1. The monoisotopic (exact) mass is 192 g/mol. The number of hydrogen-bond donors (Lipinski definition) is 0. The van der Waals surface area contributed by atoms with E-state index in [2.05, 4.69) is 6.58 Å². The topological polar surface area (TPSA) is 17.1 Å². The van der Waals surface area contributed by atoms with Gasteiger partial charge in [0, 0.05) is 6.42 Å². The van der Waals surface area contributed by atoms with E-state index in [1.54, 1.807) is 12.1 Å². The minimum absolute atomic E-state index is 0.155. The van der Waals surface area contributed by atoms with Gasteiger partial charge in [-0.1, -0.05) is 31.2 Å². The van der Waals surface area contributed by atoms with Crippen LogP contribution in [0.4, 0.5) is 4.39 Å². The Morgan fingerprint density at radius 2 is 2.07 bits per heavy atom. The molecule has 0 aliphatic carbocycles. The molecule has 0 aliphatic rings. The van der Waals surface area contributed by atoms with Crippen LogP contribution in [0.5, 0.6) is 0 Å². The molecule has 0 N–H and O–H groups in total. The van der Waals surface area contributed by atoms with Crippen LogP contribution < -0.4 is 0 Å². The molecule has 1 nitrogen and oxygen atoms in total. The zero-order valence-corrected chi connectivity index (χ0v) is 8.22. The molecule has 2 heteroatoms. The minimum atomic E-state index is -0.457. The first kappa shape index (κ1) is 10.6. The number of Topliss-reactive ketones (excluding diaryl/α,β-unsaturated/α-hetero) is 1. The molecule has 14 heavy (non-hydrogen) atoms. The number of carbonyl (C=O) groups is 1. The fourth-order valence-corrected chi connectivity index (χ4v) is 1.13. The van der Waals surface area contributed by atoms with Crippen molar-refractivity contribution >= 4 is 5.78 Å². The van der Waals surface area contributed by atoms with Crippen LogP contribution in [-0.4, -0.2) is 5.78 Å². The Balaban J connectivity index is 2.80. The van der Waals surface area contributed by atoms with Gasteiger partial charge in [0.25, 0.3) is 0 Å². The fourth-order valence-electron chi connectivity index (χ4n) is 1.13. The molecule has 0 bridgehead atoms. The molecule has 0 spiro atoms. The van der Waals surface area contributed by atoms with Gasteiger partial charge in [-0.3, -0.25) is 4.79 Å². The summed E-state index contributed by atoms with van der Waals surface area (Å²) >= 11 is 0. The van der Waals surface area contributed by atoms with E-state index in [4.69, 9.17) is 0 Å². The second-order valence-electron chi connectivity index (χ2n) is 3.18. The van der Waals surface area contributed by atoms with Gasteiger partial charge in [0.2, 0.25) is 0 Å². The van der Waals surface area contributed by atoms with Crippen molar-refractivity contribution in [3.8, 4) is 0 Å². The Labute approximate surface area is 83.3 Å². The fraction of sp³-hybridized carbons (Fsp3) is 0.250. The van der Waals surface area contributed by atoms with E-state index < -0.39 is 5.82 Å². The normalized spacial score (nSPS) is 9.86. The van der Waals surface area contributed by atoms with Crippen molar-refractivity contribution < 1.29 is 9.18 Å². The first-order valence-electron chi connectivity index (χ1n) is 4.59. The van der Waals surface area contributed by atoms with E-state index in [1.165, 1.54) is 12.1 Å². The van der Waals surface area contributed by atoms with Gasteiger partial charge in [-0.2, -0.15) is 0 Å². The maximum atomic E-state index is 13.1. The summed E-state index contributed by atoms with van der Waals surface area (Å²) in [7, 11) is 0. The van der Waals surface area contributed by atoms with Crippen LogP contribution >= 0.6 is 0 Å². The van der Waals surface area contributed by atoms with Crippen LogP contribution in [0.1, 0.15) is 30.1 Å². The summed E-state index contributed by atoms with van der Waals surface area (Å²) in [5.41, 5.74) is 0.986. The minimum Gasteiger partial charge on any atom is -0.294 e. The summed E-state index contributed by atoms with van der Waals surface area (Å²) in [5.74, 6) is -0.656. The summed E-state index contributed by atoms with van der Waals surface area (Å²) in [6.45, 7) is 5.65. The quantitative estimate of drug-likeness (QED) is 0.528. The number of ketones is 1. The third-order valence-electron chi connectivity index (χ3n) is 2.08. The maximum Gasteiger partial charge on any atom is 0.169 e. The van der Waals surface area contributed by atoms with Crippen molar-refractivity contribution in [2.45, 2.75) is 19.8 Å². The summed E-state index contributed by atoms with van der Waals surface area (Å²) in [5, 5.41) is 0. The highest BCUT2D eigenvalue weighted by Gasteiger charge is 2.10. The Morgan fingerprint density at radius 1 is 1.43 bits per heavy atom. The Bertz CT molecular complexity index is 355. The third kappa shape index (κ3) is 2.52. The molecule has 74 valence electrons. The van der Waals surface area contributed by atoms with Gasteiger partial charge in [0.15, 0.2) is 5.78 Å². The highest BCUT2D eigenvalue weighted by Crippen LogP contribution is 2.13. The van der Waals surface area contributed by atoms with Gasteiger partial charge in [-0.15, -0.1) is 0 Å². The average Bonchev–Trinajstić information content (AvgIpc) is 2.18. The lowest BCUT2D eigenvalue weighted by molar-refractivity contribution is 0.0988. The molecule has 1 aromatic rings. The first-order chi connectivity index (χ1) is 6.65. The zero-order valence-electron chi connectivity index (χ0n) is 8.22. The molecule has 1 aromatic carbocycles. The molecule has 1 rings (SSSR count). The van der Waals surface area contributed by atoms with Gasteiger partial charge < -0.3 is 0 Å². The summed E-state index contributed by atoms with van der Waals surface area (Å²) in [6.07, 6.45) is 0.984. The van der Waals surface area contributed by atoms with Crippen molar-refractivity contribution in [1.29, 1.82) is 0 Å². The van der Waals surface area contributed by atoms with E-state index in [-0.39, 0.29) is 17.8 Å². The predicted octanol–water partition coefficient (Wildman–Crippen LogP) is 3.36. The average molecular weight is 192 g/mol. The molecule has 0 saturated heterocycles. The zero-order chi connectivity index (χ0) is 10.6. The van der Waals surface area contributed by atoms with Crippen LogP contribution in [0.2, 0.25) is 0 Å². The van der Waals surface area contributed by atoms with Crippen molar-refractivity contribution in [2.24, 2.45) is 0 Å². The van der Waals surface area contributed by atoms with Crippen molar-refractivity contribution in [2.75, 3.05) is 0 Å². The molecule has 0 radical (unpaired) electrons. The molecule has 0 aromatic heterocycles. The highest BCUT2D eigenvalue weighted by atomic mass is 19.1. The van der Waals surface area contributed by atoms with Crippen LogP contribution in [-0.2, 0) is 0 Å². The Kier molecular flexibility index (Phi) is 3.57. The molecule has 0 fully saturated rings. The Hall–Kier alpha value is -1.44. The second kappa shape index (κ2) is 4.70. The lowest BCUT2D eigenvalue weighted by Gasteiger charge is -2.02. The van der Waals surface area contributed by atoms with Crippen LogP contribution in [0.15, 0.2) is 36.4 Å². The number of halogens is 1. The van der Waals surface area contributed by atoms with E-state index in [0.717, 1.165) is 12.0 Å². The second-order valence-corrected chi connectivity index (χ2v) is 3.18. The van der Waals surface area contributed by atoms with Crippen molar-refractivity contribution in [3.63, 3.8) is 0 Å². The van der Waals surface area contributed by atoms with Gasteiger partial charge in [0.1, 0.15) is 5.82 Å². The van der Waals surface area contributed by atoms with Crippen molar-refractivity contribution in [3.05, 3.63) is 47.8 Å². The van der Waals surface area contributed by atoms with Gasteiger partial charge >= 0.3 is 0 Å². The highest BCUT2D eigenvalue weighted by molar-refractivity contribution is 5.97. The SMILES string of the molecule is C=C(CC)CC(=O)c1ccccc1F. The molecule has 0 saturated carbocycles. The van der Waals surface area contributed by atoms with Gasteiger partial charge in [-0.25, -0.2) is 4.39 Å². The Morgan fingerprint density at radius 3 is 2.64 bits per heavy atom. The van der Waals surface area contributed by atoms with Crippen LogP contribution in [0.25, 0.3) is 0 Å². The maximum absolute atomic E-state index is 13.1. The molecule has 0 aliphatic heterocycles.